The van der Waals surface area contributed by atoms with Crippen LogP contribution in [0.2, 0.25) is 0 Å². The highest BCUT2D eigenvalue weighted by Crippen LogP contribution is 2.32. The van der Waals surface area contributed by atoms with Crippen molar-refractivity contribution < 1.29 is 13.9 Å². The van der Waals surface area contributed by atoms with E-state index in [-0.39, 0.29) is 24.2 Å². The molecule has 5 heterocycles. The normalized spacial score (nSPS) is 32.6. The largest absolute Gasteiger partial charge is 0.423 e. The Morgan fingerprint density at radius 3 is 2.61 bits per heavy atom. The standard InChI is InChI=1S/C21H28N4O3/c1-13-11-27-12-14(2)25(13)21-23-19-16(4-3-5-17(19)28-21)20(26)22-18-10-15-6-8-24(18)9-7-15/h3-5,13-15,18H,6-12H2,1-2H3,(H,22,26)/t13-,14-,18?/m0/s1. The first-order valence-electron chi connectivity index (χ1n) is 10.4. The highest BCUT2D eigenvalue weighted by molar-refractivity contribution is 6.04. The van der Waals surface area contributed by atoms with E-state index in [0.29, 0.717) is 35.9 Å². The number of hydrogen-bond donors (Lipinski definition) is 1. The molecule has 0 spiro atoms. The number of nitrogens with one attached hydrogen (secondary N) is 1. The number of hydrogen-bond acceptors (Lipinski definition) is 6. The Morgan fingerprint density at radius 1 is 1.18 bits per heavy atom. The Labute approximate surface area is 165 Å². The number of rotatable bonds is 3. The summed E-state index contributed by atoms with van der Waals surface area (Å²) in [5.74, 6) is 0.681. The fourth-order valence-corrected chi connectivity index (χ4v) is 4.96. The molecular formula is C21H28N4O3. The van der Waals surface area contributed by atoms with Crippen LogP contribution in [0.1, 0.15) is 43.5 Å². The Bertz CT molecular complexity index is 864. The predicted molar refractivity (Wildman–Crippen MR) is 106 cm³/mol. The van der Waals surface area contributed by atoms with Gasteiger partial charge in [0.05, 0.1) is 37.0 Å². The summed E-state index contributed by atoms with van der Waals surface area (Å²) in [5, 5.41) is 3.24. The summed E-state index contributed by atoms with van der Waals surface area (Å²) >= 11 is 0. The van der Waals surface area contributed by atoms with Gasteiger partial charge < -0.3 is 19.4 Å². The molecule has 1 amide bonds. The Hall–Kier alpha value is -2.12. The van der Waals surface area contributed by atoms with E-state index in [1.807, 2.05) is 18.2 Å². The van der Waals surface area contributed by atoms with Gasteiger partial charge in [-0.2, -0.15) is 4.98 Å². The molecule has 0 saturated carbocycles. The number of morpholine rings is 1. The molecule has 7 nitrogen and oxygen atoms in total. The van der Waals surface area contributed by atoms with Gasteiger partial charge in [-0.1, -0.05) is 6.07 Å². The molecule has 4 saturated heterocycles. The van der Waals surface area contributed by atoms with E-state index < -0.39 is 0 Å². The molecule has 28 heavy (non-hydrogen) atoms. The highest BCUT2D eigenvalue weighted by atomic mass is 16.5. The molecule has 6 rings (SSSR count). The Kier molecular flexibility index (Phi) is 4.51. The van der Waals surface area contributed by atoms with Crippen molar-refractivity contribution in [1.82, 2.24) is 15.2 Å². The number of carbonyl (C=O) groups excluding carboxylic acids is 1. The molecule has 150 valence electrons. The van der Waals surface area contributed by atoms with Crippen LogP contribution in [0.5, 0.6) is 0 Å². The maximum absolute atomic E-state index is 13.1. The van der Waals surface area contributed by atoms with Crippen LogP contribution in [0.3, 0.4) is 0 Å². The van der Waals surface area contributed by atoms with Gasteiger partial charge >= 0.3 is 0 Å². The van der Waals surface area contributed by atoms with E-state index in [9.17, 15) is 4.79 Å². The van der Waals surface area contributed by atoms with E-state index in [1.165, 1.54) is 12.8 Å². The summed E-state index contributed by atoms with van der Waals surface area (Å²) in [4.78, 5) is 22.3. The van der Waals surface area contributed by atoms with Crippen LogP contribution in [-0.2, 0) is 4.74 Å². The van der Waals surface area contributed by atoms with Crippen molar-refractivity contribution in [1.29, 1.82) is 0 Å². The van der Waals surface area contributed by atoms with E-state index >= 15 is 0 Å². The minimum Gasteiger partial charge on any atom is -0.423 e. The molecule has 7 heteroatoms. The van der Waals surface area contributed by atoms with E-state index in [2.05, 4.69) is 29.0 Å². The monoisotopic (exact) mass is 384 g/mol. The maximum atomic E-state index is 13.1. The quantitative estimate of drug-likeness (QED) is 0.877. The van der Waals surface area contributed by atoms with Crippen LogP contribution in [0.25, 0.3) is 11.1 Å². The third-order valence-corrected chi connectivity index (χ3v) is 6.49. The van der Waals surface area contributed by atoms with Gasteiger partial charge in [0, 0.05) is 13.1 Å². The van der Waals surface area contributed by atoms with E-state index in [1.54, 1.807) is 0 Å². The molecule has 1 unspecified atom stereocenters. The van der Waals surface area contributed by atoms with Crippen LogP contribution < -0.4 is 10.2 Å². The number of benzene rings is 1. The zero-order valence-corrected chi connectivity index (χ0v) is 16.6. The van der Waals surface area contributed by atoms with Crippen molar-refractivity contribution in [3.05, 3.63) is 23.8 Å². The van der Waals surface area contributed by atoms with Crippen molar-refractivity contribution in [3.63, 3.8) is 0 Å². The van der Waals surface area contributed by atoms with Gasteiger partial charge in [0.1, 0.15) is 5.52 Å². The third-order valence-electron chi connectivity index (χ3n) is 6.49. The lowest BCUT2D eigenvalue weighted by atomic mass is 9.86. The first-order chi connectivity index (χ1) is 13.6. The molecule has 1 aromatic carbocycles. The number of nitrogens with zero attached hydrogens (tertiary/aromatic N) is 3. The summed E-state index contributed by atoms with van der Waals surface area (Å²) in [6, 6.07) is 6.52. The van der Waals surface area contributed by atoms with Crippen molar-refractivity contribution >= 4 is 23.0 Å². The molecule has 1 N–H and O–H groups in total. The number of para-hydroxylation sites is 1. The number of oxazole rings is 1. The lowest BCUT2D eigenvalue weighted by molar-refractivity contribution is 0.0295. The number of ether oxygens (including phenoxy) is 1. The van der Waals surface area contributed by atoms with Gasteiger partial charge in [-0.05, 0) is 51.2 Å². The van der Waals surface area contributed by atoms with Gasteiger partial charge in [0.2, 0.25) is 0 Å². The van der Waals surface area contributed by atoms with Crippen LogP contribution in [0, 0.1) is 5.92 Å². The van der Waals surface area contributed by atoms with Gasteiger partial charge in [0.15, 0.2) is 5.58 Å². The number of fused-ring (bicyclic) bond motifs is 4. The Balaban J connectivity index is 1.42. The van der Waals surface area contributed by atoms with E-state index in [4.69, 9.17) is 14.1 Å². The fraction of sp³-hybridized carbons (Fsp3) is 0.619. The first-order valence-corrected chi connectivity index (χ1v) is 10.4. The number of piperidine rings is 3. The summed E-state index contributed by atoms with van der Waals surface area (Å²) in [6.45, 7) is 7.67. The molecule has 2 aromatic rings. The van der Waals surface area contributed by atoms with E-state index in [0.717, 1.165) is 25.4 Å². The first kappa shape index (κ1) is 17.9. The average Bonchev–Trinajstić information content (AvgIpc) is 3.12. The van der Waals surface area contributed by atoms with Crippen molar-refractivity contribution in [2.75, 3.05) is 31.2 Å². The minimum atomic E-state index is -0.0638. The second-order valence-electron chi connectivity index (χ2n) is 8.50. The lowest BCUT2D eigenvalue weighted by Crippen LogP contribution is -2.56. The Morgan fingerprint density at radius 2 is 1.93 bits per heavy atom. The molecule has 0 radical (unpaired) electrons. The molecule has 0 aliphatic carbocycles. The topological polar surface area (TPSA) is 70.8 Å². The van der Waals surface area contributed by atoms with Crippen molar-refractivity contribution in [3.8, 4) is 0 Å². The fourth-order valence-electron chi connectivity index (χ4n) is 4.96. The van der Waals surface area contributed by atoms with Crippen LogP contribution in [0.4, 0.5) is 6.01 Å². The molecule has 2 bridgehead atoms. The van der Waals surface area contributed by atoms with Crippen LogP contribution in [0.15, 0.2) is 22.6 Å². The minimum absolute atomic E-state index is 0.0638. The maximum Gasteiger partial charge on any atom is 0.299 e. The molecule has 4 fully saturated rings. The van der Waals surface area contributed by atoms with Gasteiger partial charge in [-0.25, -0.2) is 0 Å². The third kappa shape index (κ3) is 3.06. The summed E-state index contributed by atoms with van der Waals surface area (Å²) in [7, 11) is 0. The second-order valence-corrected chi connectivity index (χ2v) is 8.50. The van der Waals surface area contributed by atoms with Crippen LogP contribution in [-0.4, -0.2) is 60.3 Å². The average molecular weight is 384 g/mol. The highest BCUT2D eigenvalue weighted by Gasteiger charge is 2.35. The molecule has 3 atom stereocenters. The summed E-state index contributed by atoms with van der Waals surface area (Å²) in [6.07, 6.45) is 3.70. The summed E-state index contributed by atoms with van der Waals surface area (Å²) in [5.41, 5.74) is 1.87. The number of carbonyl (C=O) groups is 1. The van der Waals surface area contributed by atoms with Gasteiger partial charge in [0.25, 0.3) is 11.9 Å². The van der Waals surface area contributed by atoms with Crippen molar-refractivity contribution in [2.24, 2.45) is 5.92 Å². The van der Waals surface area contributed by atoms with Gasteiger partial charge in [-0.15, -0.1) is 0 Å². The summed E-state index contributed by atoms with van der Waals surface area (Å²) < 4.78 is 11.7. The zero-order chi connectivity index (χ0) is 19.3. The van der Waals surface area contributed by atoms with Crippen LogP contribution >= 0.6 is 0 Å². The molecule has 4 aliphatic heterocycles. The number of aromatic nitrogens is 1. The van der Waals surface area contributed by atoms with Crippen molar-refractivity contribution in [2.45, 2.75) is 51.4 Å². The lowest BCUT2D eigenvalue weighted by Gasteiger charge is -2.45. The number of amides is 1. The SMILES string of the molecule is C[C@H]1COC[C@H](C)N1c1nc2c(C(=O)NC3CC4CCN3CC4)cccc2o1. The molecule has 4 aliphatic rings. The smallest absolute Gasteiger partial charge is 0.299 e. The molecular weight excluding hydrogens is 356 g/mol. The molecule has 1 aromatic heterocycles. The zero-order valence-electron chi connectivity index (χ0n) is 16.6. The second kappa shape index (κ2) is 7.04. The number of anilines is 1. The van der Waals surface area contributed by atoms with Gasteiger partial charge in [-0.3, -0.25) is 9.69 Å². The predicted octanol–water partition coefficient (Wildman–Crippen LogP) is 2.61.